The lowest BCUT2D eigenvalue weighted by atomic mass is 10.0. The van der Waals surface area contributed by atoms with E-state index >= 15 is 0 Å². The number of hydrogen-bond donors (Lipinski definition) is 2. The first kappa shape index (κ1) is 13.0. The van der Waals surface area contributed by atoms with Crippen LogP contribution in [0.1, 0.15) is 36.9 Å². The molecule has 4 heteroatoms. The fourth-order valence-electron chi connectivity index (χ4n) is 3.00. The molecule has 1 unspecified atom stereocenters. The molecule has 3 nitrogen and oxygen atoms in total. The summed E-state index contributed by atoms with van der Waals surface area (Å²) in [7, 11) is 0. The van der Waals surface area contributed by atoms with Gasteiger partial charge >= 0.3 is 0 Å². The lowest BCUT2D eigenvalue weighted by molar-refractivity contribution is -0.124. The summed E-state index contributed by atoms with van der Waals surface area (Å²) < 4.78 is -0.322. The number of hydrogen-bond acceptors (Lipinski definition) is 3. The van der Waals surface area contributed by atoms with E-state index in [0.29, 0.717) is 6.42 Å². The molecule has 1 saturated heterocycles. The number of carbonyl (C=O) groups is 1. The molecule has 2 N–H and O–H groups in total. The van der Waals surface area contributed by atoms with Crippen LogP contribution in [-0.4, -0.2) is 27.6 Å². The Morgan fingerprint density at radius 2 is 2.26 bits per heavy atom. The molecule has 1 aromatic carbocycles. The lowest BCUT2D eigenvalue weighted by Gasteiger charge is -2.26. The van der Waals surface area contributed by atoms with Crippen LogP contribution in [0.4, 0.5) is 0 Å². The summed E-state index contributed by atoms with van der Waals surface area (Å²) in [6.45, 7) is 2.01. The first-order chi connectivity index (χ1) is 9.10. The molecule has 0 radical (unpaired) electrons. The summed E-state index contributed by atoms with van der Waals surface area (Å²) in [4.78, 5) is 12.4. The molecule has 0 bridgehead atoms. The van der Waals surface area contributed by atoms with Gasteiger partial charge in [0.1, 0.15) is 0 Å². The molecule has 0 aromatic heterocycles. The number of rotatable bonds is 2. The second-order valence-corrected chi connectivity index (χ2v) is 7.20. The van der Waals surface area contributed by atoms with Crippen LogP contribution < -0.4 is 5.32 Å². The summed E-state index contributed by atoms with van der Waals surface area (Å²) in [5.74, 6) is 1.11. The molecular weight excluding hydrogens is 258 g/mol. The van der Waals surface area contributed by atoms with E-state index in [9.17, 15) is 9.90 Å². The number of nitrogens with one attached hydrogen (secondary N) is 1. The predicted octanol–water partition coefficient (Wildman–Crippen LogP) is 2.05. The van der Waals surface area contributed by atoms with Gasteiger partial charge in [-0.2, -0.15) is 0 Å². The van der Waals surface area contributed by atoms with Crippen molar-refractivity contribution < 1.29 is 9.90 Å². The van der Waals surface area contributed by atoms with E-state index in [1.165, 1.54) is 0 Å². The number of aliphatic hydroxyl groups is 1. The third-order valence-electron chi connectivity index (χ3n) is 4.19. The highest BCUT2D eigenvalue weighted by Crippen LogP contribution is 2.39. The van der Waals surface area contributed by atoms with Gasteiger partial charge in [-0.05, 0) is 36.6 Å². The Hall–Kier alpha value is -1.00. The summed E-state index contributed by atoms with van der Waals surface area (Å²) in [6.07, 6.45) is 2.15. The molecule has 3 rings (SSSR count). The van der Waals surface area contributed by atoms with Crippen molar-refractivity contribution in [2.24, 2.45) is 0 Å². The van der Waals surface area contributed by atoms with Crippen LogP contribution in [0.15, 0.2) is 24.3 Å². The average molecular weight is 277 g/mol. The van der Waals surface area contributed by atoms with Crippen molar-refractivity contribution in [1.29, 1.82) is 0 Å². The van der Waals surface area contributed by atoms with Crippen LogP contribution in [-0.2, 0) is 11.2 Å². The van der Waals surface area contributed by atoms with E-state index in [0.717, 1.165) is 29.7 Å². The molecule has 19 heavy (non-hydrogen) atoms. The van der Waals surface area contributed by atoms with Crippen LogP contribution in [0.3, 0.4) is 0 Å². The van der Waals surface area contributed by atoms with Gasteiger partial charge in [0.2, 0.25) is 5.91 Å². The molecule has 0 saturated carbocycles. The number of fused-ring (bicyclic) bond motifs is 1. The van der Waals surface area contributed by atoms with Crippen molar-refractivity contribution in [2.45, 2.75) is 43.1 Å². The highest BCUT2D eigenvalue weighted by Gasteiger charge is 2.40. The molecular formula is C15H19NO2S. The fourth-order valence-corrected chi connectivity index (χ4v) is 4.22. The largest absolute Gasteiger partial charge is 0.390 e. The Morgan fingerprint density at radius 3 is 3.00 bits per heavy atom. The van der Waals surface area contributed by atoms with E-state index in [1.807, 2.05) is 31.2 Å². The van der Waals surface area contributed by atoms with E-state index < -0.39 is 6.10 Å². The molecule has 1 aliphatic carbocycles. The lowest BCUT2D eigenvalue weighted by Crippen LogP contribution is -2.44. The van der Waals surface area contributed by atoms with Gasteiger partial charge in [-0.1, -0.05) is 24.3 Å². The number of aliphatic hydroxyl groups excluding tert-OH is 1. The van der Waals surface area contributed by atoms with Gasteiger partial charge < -0.3 is 10.4 Å². The number of benzene rings is 1. The quantitative estimate of drug-likeness (QED) is 0.870. The van der Waals surface area contributed by atoms with Crippen LogP contribution in [0, 0.1) is 0 Å². The van der Waals surface area contributed by atoms with Crippen LogP contribution in [0.5, 0.6) is 0 Å². The van der Waals surface area contributed by atoms with Crippen molar-refractivity contribution in [3.8, 4) is 0 Å². The Labute approximate surface area is 117 Å². The van der Waals surface area contributed by atoms with Gasteiger partial charge in [0, 0.05) is 6.42 Å². The molecule has 1 amide bonds. The second-order valence-electron chi connectivity index (χ2n) is 5.60. The zero-order valence-corrected chi connectivity index (χ0v) is 11.9. The summed E-state index contributed by atoms with van der Waals surface area (Å²) in [5, 5.41) is 13.2. The topological polar surface area (TPSA) is 49.3 Å². The highest BCUT2D eigenvalue weighted by molar-refractivity contribution is 8.01. The molecule has 1 fully saturated rings. The minimum Gasteiger partial charge on any atom is -0.390 e. The number of thioether (sulfide) groups is 1. The van der Waals surface area contributed by atoms with Crippen molar-refractivity contribution in [1.82, 2.24) is 5.32 Å². The van der Waals surface area contributed by atoms with Crippen molar-refractivity contribution in [3.63, 3.8) is 0 Å². The zero-order valence-electron chi connectivity index (χ0n) is 11.1. The minimum absolute atomic E-state index is 0.0655. The van der Waals surface area contributed by atoms with Crippen LogP contribution in [0.2, 0.25) is 0 Å². The first-order valence-electron chi connectivity index (χ1n) is 6.81. The van der Waals surface area contributed by atoms with Gasteiger partial charge in [0.15, 0.2) is 0 Å². The zero-order chi connectivity index (χ0) is 13.5. The predicted molar refractivity (Wildman–Crippen MR) is 77.1 cm³/mol. The Bertz CT molecular complexity index is 497. The number of carbonyl (C=O) groups excluding carboxylic acids is 1. The number of amides is 1. The van der Waals surface area contributed by atoms with Gasteiger partial charge in [-0.15, -0.1) is 11.8 Å². The fraction of sp³-hybridized carbons (Fsp3) is 0.533. The molecule has 1 aliphatic heterocycles. The Kier molecular flexibility index (Phi) is 3.31. The van der Waals surface area contributed by atoms with Crippen LogP contribution in [0.25, 0.3) is 0 Å². The van der Waals surface area contributed by atoms with Gasteiger partial charge in [0.05, 0.1) is 16.9 Å². The highest BCUT2D eigenvalue weighted by atomic mass is 32.2. The summed E-state index contributed by atoms with van der Waals surface area (Å²) in [6, 6.07) is 7.71. The van der Waals surface area contributed by atoms with E-state index in [4.69, 9.17) is 0 Å². The van der Waals surface area contributed by atoms with E-state index in [2.05, 4.69) is 5.32 Å². The minimum atomic E-state index is -0.503. The summed E-state index contributed by atoms with van der Waals surface area (Å²) in [5.41, 5.74) is 2.21. The standard InChI is InChI=1S/C15H19NO2S/c1-15(7-4-8-19-15)14(18)16-13-11-6-3-2-5-10(11)9-12(13)17/h2-3,5-6,12-13,17H,4,7-9H2,1H3,(H,16,18)/t12-,13+,15?/m1/s1. The Balaban J connectivity index is 1.78. The maximum atomic E-state index is 12.4. The van der Waals surface area contributed by atoms with Crippen molar-refractivity contribution >= 4 is 17.7 Å². The smallest absolute Gasteiger partial charge is 0.236 e. The molecule has 1 heterocycles. The van der Waals surface area contributed by atoms with E-state index in [1.54, 1.807) is 11.8 Å². The first-order valence-corrected chi connectivity index (χ1v) is 7.79. The third kappa shape index (κ3) is 2.28. The van der Waals surface area contributed by atoms with Crippen molar-refractivity contribution in [2.75, 3.05) is 5.75 Å². The van der Waals surface area contributed by atoms with Crippen molar-refractivity contribution in [3.05, 3.63) is 35.4 Å². The van der Waals surface area contributed by atoms with E-state index in [-0.39, 0.29) is 16.7 Å². The maximum Gasteiger partial charge on any atom is 0.236 e. The third-order valence-corrected chi connectivity index (χ3v) is 5.71. The van der Waals surface area contributed by atoms with Gasteiger partial charge in [-0.3, -0.25) is 4.79 Å². The molecule has 102 valence electrons. The normalized spacial score (nSPS) is 33.2. The average Bonchev–Trinajstić information content (AvgIpc) is 2.96. The molecule has 1 aromatic rings. The SMILES string of the molecule is CC1(C(=O)N[C@H]2c3ccccc3C[C@H]2O)CCCS1. The summed E-state index contributed by atoms with van der Waals surface area (Å²) >= 11 is 1.73. The Morgan fingerprint density at radius 1 is 1.47 bits per heavy atom. The molecule has 3 atom stereocenters. The maximum absolute atomic E-state index is 12.4. The molecule has 2 aliphatic rings. The monoisotopic (exact) mass is 277 g/mol. The molecule has 0 spiro atoms. The van der Waals surface area contributed by atoms with Crippen LogP contribution >= 0.6 is 11.8 Å². The second kappa shape index (κ2) is 4.84. The van der Waals surface area contributed by atoms with Gasteiger partial charge in [0.25, 0.3) is 0 Å². The van der Waals surface area contributed by atoms with Gasteiger partial charge in [-0.25, -0.2) is 0 Å².